The average molecular weight is 458 g/mol. The van der Waals surface area contributed by atoms with Crippen molar-refractivity contribution in [1.82, 2.24) is 0 Å². The van der Waals surface area contributed by atoms with Gasteiger partial charge in [-0.2, -0.15) is 65.9 Å². The minimum Gasteiger partial charge on any atom is -0.478 e. The zero-order chi connectivity index (χ0) is 23.4. The van der Waals surface area contributed by atoms with Gasteiger partial charge in [0, 0.05) is 0 Å². The number of alkyl halides is 15. The summed E-state index contributed by atoms with van der Waals surface area (Å²) >= 11 is 0. The normalized spacial score (nSPS) is 16.4. The van der Waals surface area contributed by atoms with Crippen LogP contribution in [0.4, 0.5) is 70.2 Å². The van der Waals surface area contributed by atoms with Crippen LogP contribution in [0.5, 0.6) is 0 Å². The third-order valence-corrected chi connectivity index (χ3v) is 2.88. The summed E-state index contributed by atoms with van der Waals surface area (Å²) in [4.78, 5) is 9.86. The smallest absolute Gasteiger partial charge is 0.460 e. The maximum Gasteiger partial charge on any atom is 0.460 e. The first-order chi connectivity index (χ1) is 11.8. The third kappa shape index (κ3) is 3.33. The molecule has 0 spiro atoms. The molecular weight excluding hydrogens is 456 g/mol. The predicted octanol–water partition coefficient (Wildman–Crippen LogP) is 5.30. The lowest BCUT2D eigenvalue weighted by atomic mass is 9.90. The molecule has 0 aromatic rings. The number of rotatable bonds is 7. The minimum absolute atomic E-state index is 1.61. The van der Waals surface area contributed by atoms with Gasteiger partial charge in [-0.1, -0.05) is 0 Å². The van der Waals surface area contributed by atoms with Gasteiger partial charge < -0.3 is 5.11 Å². The minimum atomic E-state index is -8.56. The van der Waals surface area contributed by atoms with Gasteiger partial charge in [-0.3, -0.25) is 0 Å². The number of hydrogen-bond donors (Lipinski definition) is 1. The quantitative estimate of drug-likeness (QED) is 0.416. The Labute approximate surface area is 141 Å². The van der Waals surface area contributed by atoms with Crippen LogP contribution in [0, 0.1) is 0 Å². The van der Waals surface area contributed by atoms with Gasteiger partial charge in [0.1, 0.15) is 0 Å². The number of carbonyl (C=O) groups is 1. The van der Waals surface area contributed by atoms with Crippen molar-refractivity contribution in [3.05, 3.63) is 11.9 Å². The van der Waals surface area contributed by atoms with Crippen molar-refractivity contribution in [2.24, 2.45) is 0 Å². The maximum absolute atomic E-state index is 13.1. The Morgan fingerprint density at radius 1 is 0.571 bits per heavy atom. The fraction of sp³-hybridized carbons (Fsp3) is 0.700. The van der Waals surface area contributed by atoms with Crippen molar-refractivity contribution in [3.63, 3.8) is 0 Å². The van der Waals surface area contributed by atoms with E-state index in [1.54, 1.807) is 0 Å². The molecule has 0 radical (unpaired) electrons. The second-order valence-electron chi connectivity index (χ2n) is 4.77. The maximum atomic E-state index is 13.1. The molecule has 0 fully saturated rings. The first-order valence-electron chi connectivity index (χ1n) is 5.78. The second-order valence-corrected chi connectivity index (χ2v) is 4.77. The van der Waals surface area contributed by atoms with E-state index in [4.69, 9.17) is 5.11 Å². The van der Waals surface area contributed by atoms with E-state index >= 15 is 0 Å². The van der Waals surface area contributed by atoms with Gasteiger partial charge in [0.05, 0.1) is 6.08 Å². The highest BCUT2D eigenvalue weighted by molar-refractivity contribution is 5.80. The molecule has 0 atom stereocenters. The lowest BCUT2D eigenvalue weighted by Crippen LogP contribution is -2.72. The van der Waals surface area contributed by atoms with E-state index in [0.29, 0.717) is 0 Å². The zero-order valence-corrected chi connectivity index (χ0v) is 12.0. The van der Waals surface area contributed by atoms with Gasteiger partial charge in [-0.05, 0) is 0 Å². The molecule has 0 bridgehead atoms. The van der Waals surface area contributed by atoms with Crippen LogP contribution >= 0.6 is 0 Å². The van der Waals surface area contributed by atoms with E-state index in [1.807, 2.05) is 0 Å². The average Bonchev–Trinajstić information content (AvgIpc) is 2.43. The summed E-state index contributed by atoms with van der Waals surface area (Å²) in [7, 11) is 0. The van der Waals surface area contributed by atoms with Gasteiger partial charge in [0.15, 0.2) is 5.83 Å². The molecule has 1 N–H and O–H groups in total. The first-order valence-corrected chi connectivity index (χ1v) is 5.78. The van der Waals surface area contributed by atoms with Crippen molar-refractivity contribution in [2.45, 2.75) is 41.7 Å². The van der Waals surface area contributed by atoms with Crippen LogP contribution < -0.4 is 0 Å². The lowest BCUT2D eigenvalue weighted by molar-refractivity contribution is -0.450. The summed E-state index contributed by atoms with van der Waals surface area (Å²) in [6, 6.07) is 0. The molecular formula is C10H2F16O2. The fourth-order valence-electron chi connectivity index (χ4n) is 1.32. The molecule has 0 aliphatic heterocycles. The number of hydrogen-bond acceptors (Lipinski definition) is 1. The van der Waals surface area contributed by atoms with Crippen molar-refractivity contribution in [3.8, 4) is 0 Å². The van der Waals surface area contributed by atoms with Crippen molar-refractivity contribution >= 4 is 5.97 Å². The topological polar surface area (TPSA) is 37.3 Å². The Morgan fingerprint density at radius 3 is 1.14 bits per heavy atom. The zero-order valence-electron chi connectivity index (χ0n) is 12.0. The Hall–Kier alpha value is -1.91. The van der Waals surface area contributed by atoms with Crippen LogP contribution in [0.3, 0.4) is 0 Å². The van der Waals surface area contributed by atoms with E-state index < -0.39 is 59.6 Å². The molecule has 0 saturated carbocycles. The summed E-state index contributed by atoms with van der Waals surface area (Å²) in [5.74, 6) is -56.1. The summed E-state index contributed by atoms with van der Waals surface area (Å²) in [6.45, 7) is 0. The molecule has 0 rings (SSSR count). The lowest BCUT2D eigenvalue weighted by Gasteiger charge is -2.41. The molecule has 0 amide bonds. The number of allylic oxidation sites excluding steroid dienone is 1. The van der Waals surface area contributed by atoms with E-state index in [9.17, 15) is 75.0 Å². The monoisotopic (exact) mass is 458 g/mol. The van der Waals surface area contributed by atoms with Crippen molar-refractivity contribution in [2.75, 3.05) is 0 Å². The molecule has 0 unspecified atom stereocenters. The number of halogens is 16. The molecule has 0 aliphatic carbocycles. The molecule has 28 heavy (non-hydrogen) atoms. The molecule has 0 aromatic carbocycles. The molecule has 0 saturated heterocycles. The molecule has 166 valence electrons. The van der Waals surface area contributed by atoms with Crippen LogP contribution in [0.15, 0.2) is 11.9 Å². The van der Waals surface area contributed by atoms with Crippen LogP contribution in [-0.2, 0) is 4.79 Å². The fourth-order valence-corrected chi connectivity index (χ4v) is 1.32. The second kappa shape index (κ2) is 6.57. The summed E-state index contributed by atoms with van der Waals surface area (Å²) in [5, 5.41) is 7.83. The Kier molecular flexibility index (Phi) is 6.12. The highest BCUT2D eigenvalue weighted by Crippen LogP contribution is 2.63. The molecule has 0 heterocycles. The van der Waals surface area contributed by atoms with Crippen LogP contribution in [-0.4, -0.2) is 52.8 Å². The van der Waals surface area contributed by atoms with Crippen LogP contribution in [0.1, 0.15) is 0 Å². The summed E-state index contributed by atoms with van der Waals surface area (Å²) in [6.07, 6.45) is -9.35. The predicted molar refractivity (Wildman–Crippen MR) is 52.6 cm³/mol. The van der Waals surface area contributed by atoms with Crippen molar-refractivity contribution < 1.29 is 80.1 Å². The Morgan fingerprint density at radius 2 is 0.857 bits per heavy atom. The van der Waals surface area contributed by atoms with Crippen LogP contribution in [0.25, 0.3) is 0 Å². The molecule has 18 heteroatoms. The number of aliphatic carboxylic acids is 1. The number of carboxylic acids is 1. The van der Waals surface area contributed by atoms with Gasteiger partial charge in [0.25, 0.3) is 0 Å². The highest BCUT2D eigenvalue weighted by atomic mass is 19.4. The van der Waals surface area contributed by atoms with E-state index in [-0.39, 0.29) is 0 Å². The Bertz CT molecular complexity index is 642. The van der Waals surface area contributed by atoms with E-state index in [1.165, 1.54) is 0 Å². The first kappa shape index (κ1) is 26.1. The van der Waals surface area contributed by atoms with Crippen LogP contribution in [0.2, 0.25) is 0 Å². The van der Waals surface area contributed by atoms with Gasteiger partial charge in [-0.25, -0.2) is 9.18 Å². The third-order valence-electron chi connectivity index (χ3n) is 2.88. The molecule has 2 nitrogen and oxygen atoms in total. The highest BCUT2D eigenvalue weighted by Gasteiger charge is 2.93. The number of carboxylic acid groups (broad SMARTS) is 1. The van der Waals surface area contributed by atoms with E-state index in [2.05, 4.69) is 0 Å². The Balaban J connectivity index is 6.67. The van der Waals surface area contributed by atoms with Gasteiger partial charge >= 0.3 is 47.7 Å². The largest absolute Gasteiger partial charge is 0.478 e. The summed E-state index contributed by atoms with van der Waals surface area (Å²) < 4.78 is 203. The molecule has 0 aliphatic rings. The van der Waals surface area contributed by atoms with Crippen molar-refractivity contribution in [1.29, 1.82) is 0 Å². The molecule has 0 aromatic heterocycles. The van der Waals surface area contributed by atoms with Gasteiger partial charge in [-0.15, -0.1) is 0 Å². The standard InChI is InChI=1S/C10H2F16O2/c11-2(1-3(27)28)4(12,13)5(14,15)6(16,17)7(18,19)8(20,21)9(22,23)10(24,25)26/h1H,(H,27,28)/b2-1-. The van der Waals surface area contributed by atoms with Gasteiger partial charge in [0.2, 0.25) is 0 Å². The van der Waals surface area contributed by atoms with E-state index in [0.717, 1.165) is 0 Å². The summed E-state index contributed by atoms with van der Waals surface area (Å²) in [5.41, 5.74) is 0. The SMILES string of the molecule is O=C(O)/C=C(\F)C(F)(F)C(F)(F)C(F)(F)C(F)(F)C(F)(F)C(F)(F)C(F)(F)F.